The van der Waals surface area contributed by atoms with Gasteiger partial charge in [0.1, 0.15) is 22.8 Å². The molecule has 1 fully saturated rings. The number of likely N-dealkylation sites (tertiary alicyclic amines) is 1. The van der Waals surface area contributed by atoms with Gasteiger partial charge in [-0.15, -0.1) is 0 Å². The van der Waals surface area contributed by atoms with Crippen LogP contribution >= 0.6 is 0 Å². The summed E-state index contributed by atoms with van der Waals surface area (Å²) in [4.78, 5) is 2.75. The normalized spacial score (nSPS) is 20.1. The van der Waals surface area contributed by atoms with Crippen molar-refractivity contribution in [1.29, 1.82) is 0 Å². The molecule has 332 valence electrons. The van der Waals surface area contributed by atoms with Crippen molar-refractivity contribution in [3.05, 3.63) is 72.8 Å². The smallest absolute Gasteiger partial charge is 0.126 e. The Labute approximate surface area is 366 Å². The standard InChI is InChI=1S/C55H84N2O3/c1-29-27-52(17,18)55(23,24)54(21,22)41(13)56(29)28-53(19,20)60-50-38(10)33(5)44(34(6)39(50)11)40(12)57-47-35(7)30(2)43(59-25)26-42(47)46(51(14,15)16)48(57)45-31(3)36(8)49(58)37(9)32(45)4/h26,29,40-41,58H,27-28H2,1-25H3. The molecular formula is C55H84N2O3. The van der Waals surface area contributed by atoms with Crippen molar-refractivity contribution in [3.63, 3.8) is 0 Å². The van der Waals surface area contributed by atoms with Gasteiger partial charge in [0.15, 0.2) is 0 Å². The van der Waals surface area contributed by atoms with Crippen LogP contribution in [0.3, 0.4) is 0 Å². The van der Waals surface area contributed by atoms with Gasteiger partial charge in [0.05, 0.1) is 24.4 Å². The number of fused-ring (bicyclic) bond motifs is 1. The Kier molecular flexibility index (Phi) is 12.2. The summed E-state index contributed by atoms with van der Waals surface area (Å²) in [5.74, 6) is 2.32. The van der Waals surface area contributed by atoms with Gasteiger partial charge in [0.25, 0.3) is 0 Å². The summed E-state index contributed by atoms with van der Waals surface area (Å²) in [6, 6.07) is 3.06. The largest absolute Gasteiger partial charge is 0.507 e. The Morgan fingerprint density at radius 2 is 1.23 bits per heavy atom. The lowest BCUT2D eigenvalue weighted by Crippen LogP contribution is -2.55. The van der Waals surface area contributed by atoms with E-state index < -0.39 is 5.60 Å². The molecule has 5 rings (SSSR count). The van der Waals surface area contributed by atoms with Crippen LogP contribution in [0.25, 0.3) is 22.2 Å². The van der Waals surface area contributed by atoms with Crippen LogP contribution in [-0.2, 0) is 5.41 Å². The Morgan fingerprint density at radius 3 is 1.70 bits per heavy atom. The minimum atomic E-state index is -0.429. The predicted molar refractivity (Wildman–Crippen MR) is 258 cm³/mol. The topological polar surface area (TPSA) is 46.9 Å². The van der Waals surface area contributed by atoms with Crippen LogP contribution in [0.15, 0.2) is 6.07 Å². The van der Waals surface area contributed by atoms with Crippen LogP contribution in [0.1, 0.15) is 176 Å². The van der Waals surface area contributed by atoms with E-state index in [9.17, 15) is 5.11 Å². The van der Waals surface area contributed by atoms with Crippen LogP contribution in [0.5, 0.6) is 17.2 Å². The number of aryl methyl sites for hydroxylation is 1. The summed E-state index contributed by atoms with van der Waals surface area (Å²) in [7, 11) is 1.78. The molecule has 0 amide bonds. The van der Waals surface area contributed by atoms with Crippen LogP contribution in [0.4, 0.5) is 0 Å². The second kappa shape index (κ2) is 15.4. The number of hydrogen-bond donors (Lipinski definition) is 1. The van der Waals surface area contributed by atoms with Gasteiger partial charge in [0, 0.05) is 29.6 Å². The average molecular weight is 821 g/mol. The van der Waals surface area contributed by atoms with Crippen molar-refractivity contribution >= 4 is 10.9 Å². The number of aromatic hydroxyl groups is 1. The first kappa shape index (κ1) is 47.6. The highest BCUT2D eigenvalue weighted by Gasteiger charge is 2.55. The van der Waals surface area contributed by atoms with Gasteiger partial charge in [-0.1, -0.05) is 62.3 Å². The zero-order chi connectivity index (χ0) is 45.9. The molecule has 60 heavy (non-hydrogen) atoms. The number of phenolic OH excluding ortho intramolecular Hbond substituents is 1. The molecule has 1 saturated heterocycles. The van der Waals surface area contributed by atoms with Crippen molar-refractivity contribution in [2.75, 3.05) is 13.7 Å². The Hall–Kier alpha value is -3.44. The lowest BCUT2D eigenvalue weighted by Gasteiger charge is -2.54. The van der Waals surface area contributed by atoms with Gasteiger partial charge < -0.3 is 19.1 Å². The Morgan fingerprint density at radius 1 is 0.733 bits per heavy atom. The molecule has 0 spiro atoms. The third-order valence-corrected chi connectivity index (χ3v) is 17.2. The molecule has 3 aromatic carbocycles. The number of hydrogen-bond acceptors (Lipinski definition) is 4. The fourth-order valence-electron chi connectivity index (χ4n) is 11.5. The van der Waals surface area contributed by atoms with E-state index in [0.717, 1.165) is 52.3 Å². The van der Waals surface area contributed by atoms with Crippen molar-refractivity contribution in [2.24, 2.45) is 16.2 Å². The van der Waals surface area contributed by atoms with Crippen LogP contribution < -0.4 is 9.47 Å². The quantitative estimate of drug-likeness (QED) is 0.192. The predicted octanol–water partition coefficient (Wildman–Crippen LogP) is 14.7. The molecule has 3 unspecified atom stereocenters. The second-order valence-corrected chi connectivity index (χ2v) is 22.7. The van der Waals surface area contributed by atoms with Gasteiger partial charge in [-0.3, -0.25) is 4.90 Å². The van der Waals surface area contributed by atoms with Crippen molar-refractivity contribution in [3.8, 4) is 28.5 Å². The number of nitrogens with zero attached hydrogens (tertiary/aromatic N) is 2. The van der Waals surface area contributed by atoms with Gasteiger partial charge in [-0.2, -0.15) is 0 Å². The summed E-state index contributed by atoms with van der Waals surface area (Å²) in [6.45, 7) is 56.7. The summed E-state index contributed by atoms with van der Waals surface area (Å²) >= 11 is 0. The molecule has 5 heteroatoms. The Bertz CT molecular complexity index is 2280. The van der Waals surface area contributed by atoms with Gasteiger partial charge in [-0.25, -0.2) is 0 Å². The molecule has 1 aromatic heterocycles. The minimum Gasteiger partial charge on any atom is -0.507 e. The number of ether oxygens (including phenoxy) is 2. The highest BCUT2D eigenvalue weighted by Crippen LogP contribution is 2.59. The van der Waals surface area contributed by atoms with E-state index in [0.29, 0.717) is 17.8 Å². The lowest BCUT2D eigenvalue weighted by atomic mass is 9.52. The SMILES string of the molecule is COc1cc2c(C(C)(C)C)c(-c3c(C)c(C)c(O)c(C)c3C)n(C(C)c3c(C)c(C)c(OC(C)(C)CN4C(C)CC(C)(C)C(C)(C)C(C)(C)C4C)c(C)c3C)c2c(C)c1C. The van der Waals surface area contributed by atoms with E-state index in [4.69, 9.17) is 9.47 Å². The zero-order valence-electron chi connectivity index (χ0n) is 42.9. The van der Waals surface area contributed by atoms with E-state index in [1.165, 1.54) is 61.1 Å². The number of phenols is 1. The van der Waals surface area contributed by atoms with Gasteiger partial charge in [-0.05, 0) is 205 Å². The first-order valence-corrected chi connectivity index (χ1v) is 22.8. The first-order chi connectivity index (χ1) is 27.2. The third kappa shape index (κ3) is 7.19. The number of aromatic nitrogens is 1. The third-order valence-electron chi connectivity index (χ3n) is 17.2. The molecule has 4 aromatic rings. The number of methoxy groups -OCH3 is 1. The van der Waals surface area contributed by atoms with E-state index in [1.54, 1.807) is 7.11 Å². The molecule has 1 aliphatic rings. The molecule has 0 aliphatic carbocycles. The maximum Gasteiger partial charge on any atom is 0.126 e. The fourth-order valence-corrected chi connectivity index (χ4v) is 11.5. The van der Waals surface area contributed by atoms with Crippen LogP contribution in [-0.4, -0.2) is 45.9 Å². The van der Waals surface area contributed by atoms with E-state index in [2.05, 4.69) is 182 Å². The van der Waals surface area contributed by atoms with Gasteiger partial charge in [0.2, 0.25) is 0 Å². The molecule has 1 aliphatic heterocycles. The number of rotatable bonds is 8. The molecule has 3 atom stereocenters. The van der Waals surface area contributed by atoms with Crippen molar-refractivity contribution < 1.29 is 14.6 Å². The molecule has 0 bridgehead atoms. The second-order valence-electron chi connectivity index (χ2n) is 22.7. The van der Waals surface area contributed by atoms with E-state index in [-0.39, 0.29) is 27.7 Å². The first-order valence-electron chi connectivity index (χ1n) is 22.8. The number of benzene rings is 3. The highest BCUT2D eigenvalue weighted by molar-refractivity contribution is 5.98. The fraction of sp³-hybridized carbons (Fsp3) is 0.636. The van der Waals surface area contributed by atoms with E-state index >= 15 is 0 Å². The lowest BCUT2D eigenvalue weighted by molar-refractivity contribution is -0.0519. The monoisotopic (exact) mass is 821 g/mol. The van der Waals surface area contributed by atoms with Gasteiger partial charge >= 0.3 is 0 Å². The molecular weight excluding hydrogens is 737 g/mol. The average Bonchev–Trinajstić information content (AvgIpc) is 3.48. The maximum absolute atomic E-state index is 11.3. The van der Waals surface area contributed by atoms with Crippen molar-refractivity contribution in [2.45, 2.75) is 202 Å². The van der Waals surface area contributed by atoms with E-state index in [1.807, 2.05) is 0 Å². The molecule has 0 saturated carbocycles. The van der Waals surface area contributed by atoms with Crippen LogP contribution in [0.2, 0.25) is 0 Å². The molecule has 2 heterocycles. The Balaban J connectivity index is 1.76. The summed E-state index contributed by atoms with van der Waals surface area (Å²) in [5.41, 5.74) is 17.6. The summed E-state index contributed by atoms with van der Waals surface area (Å²) in [5, 5.41) is 12.5. The summed E-state index contributed by atoms with van der Waals surface area (Å²) in [6.07, 6.45) is 1.15. The molecule has 1 N–H and O–H groups in total. The van der Waals surface area contributed by atoms with Crippen molar-refractivity contribution in [1.82, 2.24) is 9.47 Å². The molecule has 0 radical (unpaired) electrons. The summed E-state index contributed by atoms with van der Waals surface area (Å²) < 4.78 is 16.0. The maximum atomic E-state index is 11.3. The minimum absolute atomic E-state index is 0.0227. The highest BCUT2D eigenvalue weighted by atomic mass is 16.5. The zero-order valence-corrected chi connectivity index (χ0v) is 42.9. The van der Waals surface area contributed by atoms with Crippen LogP contribution in [0, 0.1) is 85.5 Å². The molecule has 5 nitrogen and oxygen atoms in total.